The summed E-state index contributed by atoms with van der Waals surface area (Å²) in [5, 5.41) is 2.98. The highest BCUT2D eigenvalue weighted by Crippen LogP contribution is 2.13. The van der Waals surface area contributed by atoms with E-state index in [-0.39, 0.29) is 11.7 Å². The van der Waals surface area contributed by atoms with Gasteiger partial charge in [0.15, 0.2) is 0 Å². The maximum Gasteiger partial charge on any atom is 0.251 e. The molecule has 3 rings (SSSR count). The highest BCUT2D eigenvalue weighted by molar-refractivity contribution is 7.98. The fraction of sp³-hybridized carbons (Fsp3) is 0.435. The molecule has 2 aromatic carbocycles. The Morgan fingerprint density at radius 2 is 1.65 bits per heavy atom. The molecule has 0 aliphatic carbocycles. The van der Waals surface area contributed by atoms with Crippen molar-refractivity contribution in [3.63, 3.8) is 0 Å². The van der Waals surface area contributed by atoms with Crippen LogP contribution in [0.5, 0.6) is 0 Å². The summed E-state index contributed by atoms with van der Waals surface area (Å²) >= 11 is 1.81. The van der Waals surface area contributed by atoms with Gasteiger partial charge in [-0.2, -0.15) is 16.1 Å². The van der Waals surface area contributed by atoms with E-state index in [1.54, 1.807) is 11.2 Å². The van der Waals surface area contributed by atoms with Crippen molar-refractivity contribution >= 4 is 27.7 Å². The summed E-state index contributed by atoms with van der Waals surface area (Å²) in [5.74, 6) is 1.93. The molecule has 0 spiro atoms. The van der Waals surface area contributed by atoms with Crippen LogP contribution in [0, 0.1) is 0 Å². The molecule has 1 fully saturated rings. The number of benzene rings is 2. The van der Waals surface area contributed by atoms with E-state index in [0.717, 1.165) is 36.7 Å². The van der Waals surface area contributed by atoms with Gasteiger partial charge in [0.25, 0.3) is 5.91 Å². The largest absolute Gasteiger partial charge is 0.351 e. The second kappa shape index (κ2) is 11.7. The van der Waals surface area contributed by atoms with Crippen LogP contribution in [0.15, 0.2) is 54.6 Å². The molecule has 6 nitrogen and oxygen atoms in total. The molecule has 8 heteroatoms. The average molecular weight is 462 g/mol. The van der Waals surface area contributed by atoms with Gasteiger partial charge < -0.3 is 5.32 Å². The Labute approximate surface area is 190 Å². The van der Waals surface area contributed by atoms with Gasteiger partial charge in [-0.05, 0) is 30.2 Å². The van der Waals surface area contributed by atoms with Gasteiger partial charge in [-0.1, -0.05) is 42.5 Å². The van der Waals surface area contributed by atoms with E-state index in [9.17, 15) is 13.2 Å². The van der Waals surface area contributed by atoms with E-state index in [4.69, 9.17) is 0 Å². The van der Waals surface area contributed by atoms with Crippen LogP contribution in [0.1, 0.15) is 28.4 Å². The third kappa shape index (κ3) is 7.35. The lowest BCUT2D eigenvalue weighted by molar-refractivity contribution is 0.0956. The summed E-state index contributed by atoms with van der Waals surface area (Å²) in [4.78, 5) is 14.6. The van der Waals surface area contributed by atoms with Crippen LogP contribution < -0.4 is 5.32 Å². The minimum absolute atomic E-state index is 0.0507. The van der Waals surface area contributed by atoms with Crippen LogP contribution in [0.2, 0.25) is 0 Å². The van der Waals surface area contributed by atoms with Crippen molar-refractivity contribution in [2.24, 2.45) is 0 Å². The second-order valence-electron chi connectivity index (χ2n) is 7.57. The summed E-state index contributed by atoms with van der Waals surface area (Å²) in [6.45, 7) is 5.62. The molecule has 31 heavy (non-hydrogen) atoms. The van der Waals surface area contributed by atoms with Gasteiger partial charge in [-0.3, -0.25) is 9.69 Å². The molecule has 1 aliphatic rings. The molecule has 0 unspecified atom stereocenters. The fourth-order valence-corrected chi connectivity index (χ4v) is 5.37. The lowest BCUT2D eigenvalue weighted by Crippen LogP contribution is -2.48. The molecule has 0 radical (unpaired) electrons. The molecule has 0 aromatic heterocycles. The molecule has 0 bridgehead atoms. The zero-order chi connectivity index (χ0) is 22.1. The topological polar surface area (TPSA) is 69.7 Å². The molecule has 168 valence electrons. The SMILES string of the molecule is CCS(=O)(=O)N1CCN(Cc2ccc(C(=O)NCCSCc3ccccc3)cc2)CC1. The van der Waals surface area contributed by atoms with Crippen molar-refractivity contribution in [1.82, 2.24) is 14.5 Å². The van der Waals surface area contributed by atoms with E-state index in [0.29, 0.717) is 25.2 Å². The predicted molar refractivity (Wildman–Crippen MR) is 128 cm³/mol. The first-order valence-electron chi connectivity index (χ1n) is 10.7. The number of thioether (sulfide) groups is 1. The molecule has 0 saturated carbocycles. The number of hydrogen-bond acceptors (Lipinski definition) is 5. The van der Waals surface area contributed by atoms with Crippen LogP contribution in [0.25, 0.3) is 0 Å². The number of hydrogen-bond donors (Lipinski definition) is 1. The smallest absolute Gasteiger partial charge is 0.251 e. The van der Waals surface area contributed by atoms with E-state index >= 15 is 0 Å². The molecule has 2 aromatic rings. The Morgan fingerprint density at radius 1 is 0.968 bits per heavy atom. The maximum atomic E-state index is 12.3. The Hall–Kier alpha value is -1.87. The molecule has 1 amide bonds. The lowest BCUT2D eigenvalue weighted by Gasteiger charge is -2.33. The van der Waals surface area contributed by atoms with Crippen LogP contribution in [0.3, 0.4) is 0 Å². The fourth-order valence-electron chi connectivity index (χ4n) is 3.47. The Bertz CT molecular complexity index is 926. The number of nitrogens with one attached hydrogen (secondary N) is 1. The van der Waals surface area contributed by atoms with Crippen LogP contribution in [-0.4, -0.2) is 67.8 Å². The van der Waals surface area contributed by atoms with Gasteiger partial charge in [-0.25, -0.2) is 8.42 Å². The Balaban J connectivity index is 1.37. The van der Waals surface area contributed by atoms with Crippen molar-refractivity contribution in [3.8, 4) is 0 Å². The lowest BCUT2D eigenvalue weighted by atomic mass is 10.1. The number of amides is 1. The predicted octanol–water partition coefficient (Wildman–Crippen LogP) is 2.82. The molecule has 1 heterocycles. The summed E-state index contributed by atoms with van der Waals surface area (Å²) < 4.78 is 25.5. The number of piperazine rings is 1. The van der Waals surface area contributed by atoms with Crippen molar-refractivity contribution in [2.45, 2.75) is 19.2 Å². The highest BCUT2D eigenvalue weighted by Gasteiger charge is 2.25. The van der Waals surface area contributed by atoms with Crippen molar-refractivity contribution in [1.29, 1.82) is 0 Å². The van der Waals surface area contributed by atoms with Gasteiger partial charge in [0.2, 0.25) is 10.0 Å². The maximum absolute atomic E-state index is 12.3. The number of carbonyl (C=O) groups excluding carboxylic acids is 1. The first-order chi connectivity index (χ1) is 15.0. The normalized spacial score (nSPS) is 15.6. The molecule has 0 atom stereocenters. The first-order valence-corrected chi connectivity index (χ1v) is 13.4. The minimum Gasteiger partial charge on any atom is -0.351 e. The highest BCUT2D eigenvalue weighted by atomic mass is 32.2. The average Bonchev–Trinajstić information content (AvgIpc) is 2.80. The van der Waals surface area contributed by atoms with Gasteiger partial charge in [0.05, 0.1) is 5.75 Å². The van der Waals surface area contributed by atoms with Gasteiger partial charge in [-0.15, -0.1) is 0 Å². The Kier molecular flexibility index (Phi) is 8.95. The zero-order valence-electron chi connectivity index (χ0n) is 18.0. The quantitative estimate of drug-likeness (QED) is 0.551. The minimum atomic E-state index is -3.10. The van der Waals surface area contributed by atoms with E-state index in [1.807, 2.05) is 54.2 Å². The molecule has 1 N–H and O–H groups in total. The first kappa shape index (κ1) is 23.8. The van der Waals surface area contributed by atoms with Gasteiger partial charge in [0, 0.05) is 56.3 Å². The van der Waals surface area contributed by atoms with Crippen LogP contribution >= 0.6 is 11.8 Å². The third-order valence-corrected chi connectivity index (χ3v) is 8.27. The van der Waals surface area contributed by atoms with Crippen molar-refractivity contribution in [3.05, 3.63) is 71.3 Å². The van der Waals surface area contributed by atoms with E-state index in [1.165, 1.54) is 5.56 Å². The summed E-state index contributed by atoms with van der Waals surface area (Å²) in [5.41, 5.74) is 3.08. The third-order valence-electron chi connectivity index (χ3n) is 5.36. The summed E-state index contributed by atoms with van der Waals surface area (Å²) in [7, 11) is -3.10. The van der Waals surface area contributed by atoms with Crippen molar-refractivity contribution < 1.29 is 13.2 Å². The second-order valence-corrected chi connectivity index (χ2v) is 10.9. The monoisotopic (exact) mass is 461 g/mol. The van der Waals surface area contributed by atoms with E-state index < -0.39 is 10.0 Å². The van der Waals surface area contributed by atoms with E-state index in [2.05, 4.69) is 22.3 Å². The molecule has 1 saturated heterocycles. The molecule has 1 aliphatic heterocycles. The molecular formula is C23H31N3O3S2. The zero-order valence-corrected chi connectivity index (χ0v) is 19.6. The number of nitrogens with zero attached hydrogens (tertiary/aromatic N) is 2. The van der Waals surface area contributed by atoms with Crippen LogP contribution in [-0.2, 0) is 22.3 Å². The van der Waals surface area contributed by atoms with Crippen molar-refractivity contribution in [2.75, 3.05) is 44.2 Å². The summed E-state index contributed by atoms with van der Waals surface area (Å²) in [6, 6.07) is 18.0. The summed E-state index contributed by atoms with van der Waals surface area (Å²) in [6.07, 6.45) is 0. The number of sulfonamides is 1. The van der Waals surface area contributed by atoms with Crippen LogP contribution in [0.4, 0.5) is 0 Å². The van der Waals surface area contributed by atoms with Gasteiger partial charge in [0.1, 0.15) is 0 Å². The molecular weight excluding hydrogens is 430 g/mol. The standard InChI is InChI=1S/C23H31N3O3S2/c1-2-31(28,29)26-15-13-25(14-16-26)18-20-8-10-22(11-9-20)23(27)24-12-17-30-19-21-6-4-3-5-7-21/h3-11H,2,12-19H2,1H3,(H,24,27). The van der Waals surface area contributed by atoms with Gasteiger partial charge >= 0.3 is 0 Å². The Morgan fingerprint density at radius 3 is 2.29 bits per heavy atom. The number of rotatable bonds is 10. The number of carbonyl (C=O) groups is 1.